The Morgan fingerprint density at radius 1 is 1.22 bits per heavy atom. The predicted octanol–water partition coefficient (Wildman–Crippen LogP) is 4.11. The van der Waals surface area contributed by atoms with E-state index in [9.17, 15) is 9.59 Å². The standard InChI is InChI=1S/C25H26FN3O3/c1-2-27-9-11-28(12-10-27)23-15-22-19(14-21(23)26)25(31)20(16-29(22)17-5-6-17)24(30)8-7-18-4-3-13-32-18/h3-4,7-8,13-17H,2,5-6,9-12H2,1H3. The fourth-order valence-corrected chi connectivity index (χ4v) is 4.37. The fourth-order valence-electron chi connectivity index (χ4n) is 4.37. The molecule has 7 heteroatoms. The highest BCUT2D eigenvalue weighted by Gasteiger charge is 2.28. The lowest BCUT2D eigenvalue weighted by Gasteiger charge is -2.35. The lowest BCUT2D eigenvalue weighted by Crippen LogP contribution is -2.46. The van der Waals surface area contributed by atoms with Gasteiger partial charge in [0.1, 0.15) is 11.6 Å². The van der Waals surface area contributed by atoms with Crippen LogP contribution in [0.4, 0.5) is 10.1 Å². The molecule has 1 aliphatic heterocycles. The third-order valence-corrected chi connectivity index (χ3v) is 6.41. The number of fused-ring (bicyclic) bond motifs is 1. The Kier molecular flexibility index (Phi) is 5.43. The molecule has 0 spiro atoms. The minimum Gasteiger partial charge on any atom is -0.465 e. The molecule has 0 atom stereocenters. The second kappa shape index (κ2) is 8.39. The molecule has 5 rings (SSSR count). The van der Waals surface area contributed by atoms with Gasteiger partial charge in [-0.3, -0.25) is 9.59 Å². The number of furan rings is 1. The van der Waals surface area contributed by atoms with Crippen molar-refractivity contribution in [2.75, 3.05) is 37.6 Å². The van der Waals surface area contributed by atoms with E-state index in [-0.39, 0.29) is 17.0 Å². The molecule has 1 aromatic carbocycles. The number of nitrogens with zero attached hydrogens (tertiary/aromatic N) is 3. The summed E-state index contributed by atoms with van der Waals surface area (Å²) in [5, 5.41) is 0.252. The number of halogens is 1. The van der Waals surface area contributed by atoms with E-state index in [1.807, 2.05) is 9.47 Å². The fraction of sp³-hybridized carbons (Fsp3) is 0.360. The number of hydrogen-bond acceptors (Lipinski definition) is 5. The van der Waals surface area contributed by atoms with Crippen molar-refractivity contribution < 1.29 is 13.6 Å². The van der Waals surface area contributed by atoms with Gasteiger partial charge in [0.2, 0.25) is 5.43 Å². The minimum absolute atomic E-state index is 0.0518. The summed E-state index contributed by atoms with van der Waals surface area (Å²) in [7, 11) is 0. The first kappa shape index (κ1) is 20.7. The molecule has 0 unspecified atom stereocenters. The summed E-state index contributed by atoms with van der Waals surface area (Å²) in [6, 6.07) is 6.78. The normalized spacial score (nSPS) is 17.5. The number of aromatic nitrogens is 1. The molecule has 3 aromatic rings. The van der Waals surface area contributed by atoms with Crippen molar-refractivity contribution >= 4 is 28.4 Å². The van der Waals surface area contributed by atoms with Crippen LogP contribution in [0.25, 0.3) is 17.0 Å². The second-order valence-corrected chi connectivity index (χ2v) is 8.47. The number of anilines is 1. The van der Waals surface area contributed by atoms with Gasteiger partial charge in [0.05, 0.1) is 23.0 Å². The van der Waals surface area contributed by atoms with Gasteiger partial charge in [-0.15, -0.1) is 0 Å². The van der Waals surface area contributed by atoms with Gasteiger partial charge in [0, 0.05) is 43.8 Å². The van der Waals surface area contributed by atoms with E-state index in [0.29, 0.717) is 17.0 Å². The first-order valence-electron chi connectivity index (χ1n) is 11.2. The number of allylic oxidation sites excluding steroid dienone is 1. The van der Waals surface area contributed by atoms with Crippen LogP contribution in [0.2, 0.25) is 0 Å². The molecule has 0 radical (unpaired) electrons. The maximum Gasteiger partial charge on any atom is 0.200 e. The Morgan fingerprint density at radius 2 is 2.00 bits per heavy atom. The molecule has 6 nitrogen and oxygen atoms in total. The first-order valence-corrected chi connectivity index (χ1v) is 11.2. The molecule has 1 saturated carbocycles. The van der Waals surface area contributed by atoms with Gasteiger partial charge in [-0.05, 0) is 55.8 Å². The average molecular weight is 435 g/mol. The van der Waals surface area contributed by atoms with Crippen molar-refractivity contribution in [3.8, 4) is 0 Å². The molecular weight excluding hydrogens is 409 g/mol. The monoisotopic (exact) mass is 435 g/mol. The van der Waals surface area contributed by atoms with Crippen LogP contribution in [0, 0.1) is 5.82 Å². The van der Waals surface area contributed by atoms with Crippen LogP contribution in [0.3, 0.4) is 0 Å². The van der Waals surface area contributed by atoms with Gasteiger partial charge in [-0.2, -0.15) is 0 Å². The maximum atomic E-state index is 15.2. The number of rotatable bonds is 6. The Balaban J connectivity index is 1.55. The van der Waals surface area contributed by atoms with E-state index < -0.39 is 17.0 Å². The highest BCUT2D eigenvalue weighted by molar-refractivity contribution is 6.08. The van der Waals surface area contributed by atoms with E-state index in [2.05, 4.69) is 11.8 Å². The van der Waals surface area contributed by atoms with Crippen LogP contribution in [0.15, 0.2) is 52.0 Å². The molecule has 0 bridgehead atoms. The summed E-state index contributed by atoms with van der Waals surface area (Å²) in [5.74, 6) is -0.305. The Bertz CT molecular complexity index is 1230. The zero-order valence-electron chi connectivity index (χ0n) is 18.1. The predicted molar refractivity (Wildman–Crippen MR) is 123 cm³/mol. The number of piperazine rings is 1. The number of ketones is 1. The smallest absolute Gasteiger partial charge is 0.200 e. The molecule has 1 saturated heterocycles. The third-order valence-electron chi connectivity index (χ3n) is 6.41. The number of carbonyl (C=O) groups excluding carboxylic acids is 1. The number of pyridine rings is 1. The SMILES string of the molecule is CCN1CCN(c2cc3c(cc2F)c(=O)c(C(=O)C=Cc2ccco2)cn3C2CC2)CC1. The summed E-state index contributed by atoms with van der Waals surface area (Å²) < 4.78 is 22.4. The van der Waals surface area contributed by atoms with Crippen LogP contribution < -0.4 is 10.3 Å². The molecule has 3 heterocycles. The lowest BCUT2D eigenvalue weighted by molar-refractivity contribution is 0.104. The summed E-state index contributed by atoms with van der Waals surface area (Å²) >= 11 is 0. The quantitative estimate of drug-likeness (QED) is 0.431. The topological polar surface area (TPSA) is 58.7 Å². The molecule has 166 valence electrons. The number of carbonyl (C=O) groups is 1. The zero-order valence-corrected chi connectivity index (χ0v) is 18.1. The largest absolute Gasteiger partial charge is 0.465 e. The van der Waals surface area contributed by atoms with Gasteiger partial charge in [-0.1, -0.05) is 6.92 Å². The van der Waals surface area contributed by atoms with Crippen LogP contribution in [0.5, 0.6) is 0 Å². The highest BCUT2D eigenvalue weighted by atomic mass is 19.1. The van der Waals surface area contributed by atoms with Gasteiger partial charge in [0.25, 0.3) is 0 Å². The van der Waals surface area contributed by atoms with E-state index in [1.165, 1.54) is 24.5 Å². The van der Waals surface area contributed by atoms with Crippen molar-refractivity contribution in [3.63, 3.8) is 0 Å². The van der Waals surface area contributed by atoms with E-state index in [0.717, 1.165) is 45.6 Å². The van der Waals surface area contributed by atoms with Crippen LogP contribution in [0.1, 0.15) is 41.9 Å². The Hall–Kier alpha value is -3.19. The van der Waals surface area contributed by atoms with Crippen LogP contribution in [-0.4, -0.2) is 48.0 Å². The minimum atomic E-state index is -0.438. The van der Waals surface area contributed by atoms with Gasteiger partial charge in [-0.25, -0.2) is 4.39 Å². The molecule has 2 fully saturated rings. The van der Waals surface area contributed by atoms with Crippen molar-refractivity contribution in [2.45, 2.75) is 25.8 Å². The first-order chi connectivity index (χ1) is 15.5. The molecule has 32 heavy (non-hydrogen) atoms. The average Bonchev–Trinajstić information content (AvgIpc) is 3.52. The van der Waals surface area contributed by atoms with Gasteiger partial charge in [0.15, 0.2) is 5.78 Å². The summed E-state index contributed by atoms with van der Waals surface area (Å²) in [5.41, 5.74) is 0.834. The van der Waals surface area contributed by atoms with Gasteiger partial charge < -0.3 is 18.8 Å². The summed E-state index contributed by atoms with van der Waals surface area (Å²) in [6.45, 7) is 6.39. The van der Waals surface area contributed by atoms with E-state index in [1.54, 1.807) is 24.4 Å². The molecule has 1 aliphatic carbocycles. The molecule has 2 aliphatic rings. The molecule has 2 aromatic heterocycles. The van der Waals surface area contributed by atoms with E-state index in [4.69, 9.17) is 4.42 Å². The van der Waals surface area contributed by atoms with Crippen LogP contribution >= 0.6 is 0 Å². The summed E-state index contributed by atoms with van der Waals surface area (Å²) in [4.78, 5) is 30.4. The summed E-state index contributed by atoms with van der Waals surface area (Å²) in [6.07, 6.45) is 7.99. The zero-order chi connectivity index (χ0) is 22.2. The molecular formula is C25H26FN3O3. The van der Waals surface area contributed by atoms with Crippen molar-refractivity contribution in [3.05, 3.63) is 70.2 Å². The molecule has 0 amide bonds. The van der Waals surface area contributed by atoms with Crippen LogP contribution in [-0.2, 0) is 0 Å². The second-order valence-electron chi connectivity index (χ2n) is 8.47. The van der Waals surface area contributed by atoms with E-state index >= 15 is 4.39 Å². The molecule has 0 N–H and O–H groups in total. The number of hydrogen-bond donors (Lipinski definition) is 0. The maximum absolute atomic E-state index is 15.2. The number of benzene rings is 1. The van der Waals surface area contributed by atoms with Crippen molar-refractivity contribution in [1.29, 1.82) is 0 Å². The third kappa shape index (κ3) is 3.88. The van der Waals surface area contributed by atoms with Crippen molar-refractivity contribution in [2.24, 2.45) is 0 Å². The lowest BCUT2D eigenvalue weighted by atomic mass is 10.1. The van der Waals surface area contributed by atoms with Gasteiger partial charge >= 0.3 is 0 Å². The Labute approximate surface area is 185 Å². The highest BCUT2D eigenvalue weighted by Crippen LogP contribution is 2.38. The van der Waals surface area contributed by atoms with Crippen molar-refractivity contribution in [1.82, 2.24) is 9.47 Å². The Morgan fingerprint density at radius 3 is 2.66 bits per heavy atom. The number of likely N-dealkylation sites (N-methyl/N-ethyl adjacent to an activating group) is 1.